The van der Waals surface area contributed by atoms with E-state index in [1.807, 2.05) is 32.0 Å². The fraction of sp³-hybridized carbons (Fsp3) is 0.348. The van der Waals surface area contributed by atoms with Gasteiger partial charge in [-0.3, -0.25) is 14.4 Å². The van der Waals surface area contributed by atoms with E-state index in [4.69, 9.17) is 16.7 Å². The topological polar surface area (TPSA) is 86.7 Å². The maximum atomic E-state index is 13.2. The minimum Gasteiger partial charge on any atom is -0.481 e. The van der Waals surface area contributed by atoms with Gasteiger partial charge in [-0.1, -0.05) is 29.8 Å². The fourth-order valence-electron chi connectivity index (χ4n) is 3.25. The molecule has 0 aliphatic rings. The maximum absolute atomic E-state index is 13.2. The molecule has 0 saturated carbocycles. The number of anilines is 1. The molecule has 30 heavy (non-hydrogen) atoms. The number of halogens is 1. The SMILES string of the molecule is Cc1cccc(C)c1N(CCCC(=O)NCCCC(=O)O)C(=O)c1ccc(Cl)cc1. The van der Waals surface area contributed by atoms with Gasteiger partial charge >= 0.3 is 5.97 Å². The number of nitrogens with one attached hydrogen (secondary N) is 1. The van der Waals surface area contributed by atoms with E-state index in [1.54, 1.807) is 29.2 Å². The number of aryl methyl sites for hydroxylation is 2. The molecule has 0 aliphatic carbocycles. The van der Waals surface area contributed by atoms with E-state index in [0.29, 0.717) is 36.5 Å². The summed E-state index contributed by atoms with van der Waals surface area (Å²) in [7, 11) is 0. The average Bonchev–Trinajstić information content (AvgIpc) is 2.70. The zero-order valence-corrected chi connectivity index (χ0v) is 18.0. The monoisotopic (exact) mass is 430 g/mol. The summed E-state index contributed by atoms with van der Waals surface area (Å²) >= 11 is 5.95. The highest BCUT2D eigenvalue weighted by Gasteiger charge is 2.21. The van der Waals surface area contributed by atoms with Gasteiger partial charge < -0.3 is 15.3 Å². The zero-order valence-electron chi connectivity index (χ0n) is 17.3. The van der Waals surface area contributed by atoms with Crippen LogP contribution in [-0.4, -0.2) is 36.0 Å². The van der Waals surface area contributed by atoms with E-state index in [1.165, 1.54) is 0 Å². The van der Waals surface area contributed by atoms with Crippen LogP contribution in [0.25, 0.3) is 0 Å². The first-order valence-electron chi connectivity index (χ1n) is 9.91. The summed E-state index contributed by atoms with van der Waals surface area (Å²) in [6.07, 6.45) is 1.15. The van der Waals surface area contributed by atoms with Gasteiger partial charge in [-0.15, -0.1) is 0 Å². The largest absolute Gasteiger partial charge is 0.481 e. The van der Waals surface area contributed by atoms with E-state index in [-0.39, 0.29) is 24.7 Å². The quantitative estimate of drug-likeness (QED) is 0.548. The summed E-state index contributed by atoms with van der Waals surface area (Å²) in [5, 5.41) is 11.9. The highest BCUT2D eigenvalue weighted by atomic mass is 35.5. The van der Waals surface area contributed by atoms with Gasteiger partial charge in [0.25, 0.3) is 5.91 Å². The zero-order chi connectivity index (χ0) is 22.1. The lowest BCUT2D eigenvalue weighted by molar-refractivity contribution is -0.137. The smallest absolute Gasteiger partial charge is 0.303 e. The van der Waals surface area contributed by atoms with Gasteiger partial charge in [0.2, 0.25) is 5.91 Å². The minimum absolute atomic E-state index is 0.0240. The van der Waals surface area contributed by atoms with Crippen LogP contribution in [0.4, 0.5) is 5.69 Å². The third kappa shape index (κ3) is 6.88. The Morgan fingerprint density at radius 1 is 0.967 bits per heavy atom. The van der Waals surface area contributed by atoms with Crippen molar-refractivity contribution in [1.29, 1.82) is 0 Å². The summed E-state index contributed by atoms with van der Waals surface area (Å²) < 4.78 is 0. The lowest BCUT2D eigenvalue weighted by atomic mass is 10.1. The molecule has 2 rings (SSSR count). The Labute approximate surface area is 181 Å². The van der Waals surface area contributed by atoms with Crippen LogP contribution in [-0.2, 0) is 9.59 Å². The molecule has 160 valence electrons. The van der Waals surface area contributed by atoms with E-state index in [0.717, 1.165) is 16.8 Å². The van der Waals surface area contributed by atoms with Crippen LogP contribution in [0.15, 0.2) is 42.5 Å². The highest BCUT2D eigenvalue weighted by Crippen LogP contribution is 2.27. The molecule has 0 fully saturated rings. The first-order chi connectivity index (χ1) is 14.3. The van der Waals surface area contributed by atoms with Crippen molar-refractivity contribution in [3.63, 3.8) is 0 Å². The molecule has 0 unspecified atom stereocenters. The number of hydrogen-bond acceptors (Lipinski definition) is 3. The molecule has 0 heterocycles. The molecule has 2 N–H and O–H groups in total. The van der Waals surface area contributed by atoms with Crippen molar-refractivity contribution in [3.05, 3.63) is 64.2 Å². The number of nitrogens with zero attached hydrogens (tertiary/aromatic N) is 1. The summed E-state index contributed by atoms with van der Waals surface area (Å²) in [5.74, 6) is -1.18. The second-order valence-corrected chi connectivity index (χ2v) is 7.59. The first-order valence-corrected chi connectivity index (χ1v) is 10.3. The van der Waals surface area contributed by atoms with Crippen LogP contribution >= 0.6 is 11.6 Å². The van der Waals surface area contributed by atoms with Gasteiger partial charge in [0.15, 0.2) is 0 Å². The van der Waals surface area contributed by atoms with Crippen molar-refractivity contribution in [2.75, 3.05) is 18.0 Å². The summed E-state index contributed by atoms with van der Waals surface area (Å²) in [5.41, 5.74) is 3.34. The van der Waals surface area contributed by atoms with Crippen molar-refractivity contribution < 1.29 is 19.5 Å². The number of benzene rings is 2. The van der Waals surface area contributed by atoms with Crippen molar-refractivity contribution in [1.82, 2.24) is 5.32 Å². The molecule has 0 radical (unpaired) electrons. The fourth-order valence-corrected chi connectivity index (χ4v) is 3.37. The molecule has 0 atom stereocenters. The standard InChI is InChI=1S/C23H27ClN2O4/c1-16-6-3-7-17(2)22(16)26(23(30)18-10-12-19(24)13-11-18)15-5-8-20(27)25-14-4-9-21(28)29/h3,6-7,10-13H,4-5,8-9,14-15H2,1-2H3,(H,25,27)(H,28,29). The summed E-state index contributed by atoms with van der Waals surface area (Å²) in [6, 6.07) is 12.6. The number of para-hydroxylation sites is 1. The predicted octanol–water partition coefficient (Wildman–Crippen LogP) is 4.36. The van der Waals surface area contributed by atoms with Crippen LogP contribution in [0.1, 0.15) is 47.2 Å². The van der Waals surface area contributed by atoms with Crippen molar-refractivity contribution in [2.24, 2.45) is 0 Å². The third-order valence-electron chi connectivity index (χ3n) is 4.72. The van der Waals surface area contributed by atoms with E-state index in [2.05, 4.69) is 5.32 Å². The van der Waals surface area contributed by atoms with Crippen molar-refractivity contribution in [3.8, 4) is 0 Å². The Morgan fingerprint density at radius 3 is 2.20 bits per heavy atom. The van der Waals surface area contributed by atoms with E-state index >= 15 is 0 Å². The van der Waals surface area contributed by atoms with Crippen molar-refractivity contribution >= 4 is 35.1 Å². The van der Waals surface area contributed by atoms with Crippen LogP contribution in [0.2, 0.25) is 5.02 Å². The number of carboxylic acid groups (broad SMARTS) is 1. The molecule has 0 spiro atoms. The maximum Gasteiger partial charge on any atom is 0.303 e. The number of rotatable bonds is 10. The molecular weight excluding hydrogens is 404 g/mol. The molecule has 6 nitrogen and oxygen atoms in total. The molecule has 0 saturated heterocycles. The summed E-state index contributed by atoms with van der Waals surface area (Å²) in [6.45, 7) is 4.63. The molecule has 2 amide bonds. The number of amides is 2. The number of aliphatic carboxylic acids is 1. The lowest BCUT2D eigenvalue weighted by Crippen LogP contribution is -2.34. The van der Waals surface area contributed by atoms with Gasteiger partial charge in [-0.25, -0.2) is 0 Å². The summed E-state index contributed by atoms with van der Waals surface area (Å²) in [4.78, 5) is 37.5. The molecule has 2 aromatic carbocycles. The van der Waals surface area contributed by atoms with E-state index < -0.39 is 5.97 Å². The average molecular weight is 431 g/mol. The third-order valence-corrected chi connectivity index (χ3v) is 4.97. The number of carbonyl (C=O) groups excluding carboxylic acids is 2. The van der Waals surface area contributed by atoms with Gasteiger partial charge in [0.1, 0.15) is 0 Å². The molecule has 0 aromatic heterocycles. The Bertz CT molecular complexity index is 876. The molecule has 0 aliphatic heterocycles. The number of carboxylic acids is 1. The Morgan fingerprint density at radius 2 is 1.60 bits per heavy atom. The normalized spacial score (nSPS) is 10.5. The van der Waals surface area contributed by atoms with Gasteiger partial charge in [-0.05, 0) is 62.1 Å². The van der Waals surface area contributed by atoms with Crippen LogP contribution in [0.3, 0.4) is 0 Å². The van der Waals surface area contributed by atoms with Gasteiger partial charge in [0.05, 0.1) is 0 Å². The van der Waals surface area contributed by atoms with E-state index in [9.17, 15) is 14.4 Å². The molecule has 7 heteroatoms. The van der Waals surface area contributed by atoms with Crippen LogP contribution in [0, 0.1) is 13.8 Å². The van der Waals surface area contributed by atoms with Crippen LogP contribution in [0.5, 0.6) is 0 Å². The van der Waals surface area contributed by atoms with Crippen molar-refractivity contribution in [2.45, 2.75) is 39.5 Å². The second-order valence-electron chi connectivity index (χ2n) is 7.15. The van der Waals surface area contributed by atoms with Gasteiger partial charge in [-0.2, -0.15) is 0 Å². The Balaban J connectivity index is 2.07. The predicted molar refractivity (Wildman–Crippen MR) is 118 cm³/mol. The number of carbonyl (C=O) groups is 3. The first kappa shape index (κ1) is 23.4. The molecular formula is C23H27ClN2O4. The lowest BCUT2D eigenvalue weighted by Gasteiger charge is -2.26. The van der Waals surface area contributed by atoms with Gasteiger partial charge in [0, 0.05) is 42.2 Å². The molecule has 2 aromatic rings. The Kier molecular flexibility index (Phi) is 8.87. The Hall–Kier alpha value is -2.86. The molecule has 0 bridgehead atoms. The second kappa shape index (κ2) is 11.4. The highest BCUT2D eigenvalue weighted by molar-refractivity contribution is 6.30. The van der Waals surface area contributed by atoms with Crippen LogP contribution < -0.4 is 10.2 Å². The number of hydrogen-bond donors (Lipinski definition) is 2. The minimum atomic E-state index is -0.880.